The summed E-state index contributed by atoms with van der Waals surface area (Å²) in [7, 11) is 0. The van der Waals surface area contributed by atoms with Crippen molar-refractivity contribution in [2.75, 3.05) is 32.8 Å². The summed E-state index contributed by atoms with van der Waals surface area (Å²) in [4.78, 5) is 12.7. The van der Waals surface area contributed by atoms with Gasteiger partial charge in [0.15, 0.2) is 0 Å². The Kier molecular flexibility index (Phi) is 6.18. The number of aliphatic carboxylic acids is 1. The fraction of sp³-hybridized carbons (Fsp3) is 0.750. The predicted molar refractivity (Wildman–Crippen MR) is 63.9 cm³/mol. The Morgan fingerprint density at radius 3 is 2.65 bits per heavy atom. The van der Waals surface area contributed by atoms with Crippen molar-refractivity contribution >= 4 is 5.97 Å². The van der Waals surface area contributed by atoms with Gasteiger partial charge in [0.25, 0.3) is 0 Å². The van der Waals surface area contributed by atoms with Gasteiger partial charge in [-0.2, -0.15) is 0 Å². The molecular formula is C12H21NO4. The molecule has 1 heterocycles. The SMILES string of the molecule is CC(=CC(=O)O)CN1CCC(OCCO)CC1. The van der Waals surface area contributed by atoms with Gasteiger partial charge in [0.05, 0.1) is 19.3 Å². The molecule has 1 aliphatic heterocycles. The van der Waals surface area contributed by atoms with Gasteiger partial charge in [0, 0.05) is 25.7 Å². The summed E-state index contributed by atoms with van der Waals surface area (Å²) in [5.41, 5.74) is 0.868. The van der Waals surface area contributed by atoms with E-state index >= 15 is 0 Å². The first-order chi connectivity index (χ1) is 8.11. The largest absolute Gasteiger partial charge is 0.478 e. The molecule has 17 heavy (non-hydrogen) atoms. The van der Waals surface area contributed by atoms with Crippen molar-refractivity contribution < 1.29 is 19.7 Å². The maximum Gasteiger partial charge on any atom is 0.328 e. The maximum atomic E-state index is 10.5. The highest BCUT2D eigenvalue weighted by Crippen LogP contribution is 2.14. The molecule has 0 amide bonds. The molecule has 1 rings (SSSR count). The van der Waals surface area contributed by atoms with Crippen molar-refractivity contribution in [1.29, 1.82) is 0 Å². The lowest BCUT2D eigenvalue weighted by atomic mass is 10.1. The van der Waals surface area contributed by atoms with Gasteiger partial charge in [-0.25, -0.2) is 4.79 Å². The minimum absolute atomic E-state index is 0.0701. The second kappa shape index (κ2) is 7.42. The quantitative estimate of drug-likeness (QED) is 0.664. The van der Waals surface area contributed by atoms with Gasteiger partial charge in [-0.1, -0.05) is 5.57 Å². The summed E-state index contributed by atoms with van der Waals surface area (Å²) in [6.45, 7) is 4.85. The second-order valence-corrected chi connectivity index (χ2v) is 4.40. The van der Waals surface area contributed by atoms with E-state index < -0.39 is 5.97 Å². The number of nitrogens with zero attached hydrogens (tertiary/aromatic N) is 1. The molecular weight excluding hydrogens is 222 g/mol. The molecule has 2 N–H and O–H groups in total. The average molecular weight is 243 g/mol. The minimum Gasteiger partial charge on any atom is -0.478 e. The molecule has 0 aromatic carbocycles. The number of aliphatic hydroxyl groups is 1. The number of hydrogen-bond donors (Lipinski definition) is 2. The first-order valence-electron chi connectivity index (χ1n) is 5.96. The van der Waals surface area contributed by atoms with Crippen LogP contribution in [0.3, 0.4) is 0 Å². The lowest BCUT2D eigenvalue weighted by Crippen LogP contribution is -2.38. The molecule has 98 valence electrons. The highest BCUT2D eigenvalue weighted by molar-refractivity contribution is 5.80. The van der Waals surface area contributed by atoms with Crippen LogP contribution in [-0.4, -0.2) is 60.0 Å². The van der Waals surface area contributed by atoms with Crippen LogP contribution < -0.4 is 0 Å². The van der Waals surface area contributed by atoms with Crippen LogP contribution in [0, 0.1) is 0 Å². The predicted octanol–water partition coefficient (Wildman–Crippen LogP) is 0.491. The molecule has 0 saturated carbocycles. The van der Waals surface area contributed by atoms with E-state index in [-0.39, 0.29) is 12.7 Å². The van der Waals surface area contributed by atoms with Crippen LogP contribution in [0.25, 0.3) is 0 Å². The van der Waals surface area contributed by atoms with Gasteiger partial charge in [-0.15, -0.1) is 0 Å². The summed E-state index contributed by atoms with van der Waals surface area (Å²) in [5.74, 6) is -0.885. The first-order valence-corrected chi connectivity index (χ1v) is 5.96. The summed E-state index contributed by atoms with van der Waals surface area (Å²) < 4.78 is 5.46. The van der Waals surface area contributed by atoms with Crippen molar-refractivity contribution in [2.24, 2.45) is 0 Å². The molecule has 0 aromatic heterocycles. The fourth-order valence-corrected chi connectivity index (χ4v) is 2.06. The summed E-state index contributed by atoms with van der Waals surface area (Å²) >= 11 is 0. The third-order valence-electron chi connectivity index (χ3n) is 2.82. The van der Waals surface area contributed by atoms with Crippen LogP contribution >= 0.6 is 0 Å². The third-order valence-corrected chi connectivity index (χ3v) is 2.82. The van der Waals surface area contributed by atoms with Gasteiger partial charge in [0.1, 0.15) is 0 Å². The second-order valence-electron chi connectivity index (χ2n) is 4.40. The standard InChI is InChI=1S/C12H21NO4/c1-10(8-12(15)16)9-13-4-2-11(3-5-13)17-7-6-14/h8,11,14H,2-7,9H2,1H3,(H,15,16). The van der Waals surface area contributed by atoms with Gasteiger partial charge in [0.2, 0.25) is 0 Å². The molecule has 0 aromatic rings. The Morgan fingerprint density at radius 1 is 1.47 bits per heavy atom. The molecule has 5 heteroatoms. The zero-order chi connectivity index (χ0) is 12.7. The fourth-order valence-electron chi connectivity index (χ4n) is 2.06. The highest BCUT2D eigenvalue weighted by atomic mass is 16.5. The minimum atomic E-state index is -0.885. The van der Waals surface area contributed by atoms with Crippen molar-refractivity contribution in [3.8, 4) is 0 Å². The molecule has 0 spiro atoms. The smallest absolute Gasteiger partial charge is 0.328 e. The molecule has 0 unspecified atom stereocenters. The number of likely N-dealkylation sites (tertiary alicyclic amines) is 1. The molecule has 0 bridgehead atoms. The van der Waals surface area contributed by atoms with E-state index in [0.29, 0.717) is 13.2 Å². The van der Waals surface area contributed by atoms with Crippen molar-refractivity contribution in [3.63, 3.8) is 0 Å². The zero-order valence-corrected chi connectivity index (χ0v) is 10.3. The summed E-state index contributed by atoms with van der Waals surface area (Å²) in [6.07, 6.45) is 3.39. The number of aliphatic hydroxyl groups excluding tert-OH is 1. The Morgan fingerprint density at radius 2 is 2.12 bits per heavy atom. The number of ether oxygens (including phenoxy) is 1. The van der Waals surface area contributed by atoms with E-state index in [4.69, 9.17) is 14.9 Å². The molecule has 1 aliphatic rings. The Bertz CT molecular complexity index is 270. The van der Waals surface area contributed by atoms with Crippen LogP contribution in [0.1, 0.15) is 19.8 Å². The molecule has 1 saturated heterocycles. The maximum absolute atomic E-state index is 10.5. The summed E-state index contributed by atoms with van der Waals surface area (Å²) in [6, 6.07) is 0. The van der Waals surface area contributed by atoms with E-state index in [0.717, 1.165) is 31.5 Å². The van der Waals surface area contributed by atoms with Crippen molar-refractivity contribution in [3.05, 3.63) is 11.6 Å². The van der Waals surface area contributed by atoms with Gasteiger partial charge >= 0.3 is 5.97 Å². The molecule has 0 atom stereocenters. The van der Waals surface area contributed by atoms with Crippen LogP contribution in [0.15, 0.2) is 11.6 Å². The van der Waals surface area contributed by atoms with E-state index in [1.165, 1.54) is 6.08 Å². The van der Waals surface area contributed by atoms with E-state index in [1.54, 1.807) is 0 Å². The highest BCUT2D eigenvalue weighted by Gasteiger charge is 2.19. The number of carboxylic acids is 1. The van der Waals surface area contributed by atoms with E-state index in [1.807, 2.05) is 6.92 Å². The number of piperidine rings is 1. The Labute approximate surface area is 102 Å². The zero-order valence-electron chi connectivity index (χ0n) is 10.3. The monoisotopic (exact) mass is 243 g/mol. The number of carboxylic acid groups (broad SMARTS) is 1. The Balaban J connectivity index is 2.25. The number of rotatable bonds is 6. The van der Waals surface area contributed by atoms with Crippen molar-refractivity contribution in [1.82, 2.24) is 4.90 Å². The van der Waals surface area contributed by atoms with E-state index in [2.05, 4.69) is 4.90 Å². The Hall–Kier alpha value is -0.910. The molecule has 0 aliphatic carbocycles. The van der Waals surface area contributed by atoms with Crippen LogP contribution in [0.4, 0.5) is 0 Å². The van der Waals surface area contributed by atoms with Gasteiger partial charge < -0.3 is 14.9 Å². The topological polar surface area (TPSA) is 70.0 Å². The van der Waals surface area contributed by atoms with Gasteiger partial charge in [-0.05, 0) is 19.8 Å². The average Bonchev–Trinajstić information content (AvgIpc) is 2.27. The summed E-state index contributed by atoms with van der Waals surface area (Å²) in [5, 5.41) is 17.3. The van der Waals surface area contributed by atoms with Crippen LogP contribution in [0.2, 0.25) is 0 Å². The van der Waals surface area contributed by atoms with E-state index in [9.17, 15) is 4.79 Å². The van der Waals surface area contributed by atoms with Crippen LogP contribution in [-0.2, 0) is 9.53 Å². The first kappa shape index (κ1) is 14.2. The molecule has 0 radical (unpaired) electrons. The molecule has 5 nitrogen and oxygen atoms in total. The number of carbonyl (C=O) groups is 1. The van der Waals surface area contributed by atoms with Crippen LogP contribution in [0.5, 0.6) is 0 Å². The lowest BCUT2D eigenvalue weighted by molar-refractivity contribution is -0.131. The van der Waals surface area contributed by atoms with Crippen molar-refractivity contribution in [2.45, 2.75) is 25.9 Å². The van der Waals surface area contributed by atoms with Gasteiger partial charge in [-0.3, -0.25) is 4.90 Å². The number of hydrogen-bond acceptors (Lipinski definition) is 4. The lowest BCUT2D eigenvalue weighted by Gasteiger charge is -2.31. The normalized spacial score (nSPS) is 19.5. The molecule has 1 fully saturated rings. The third kappa shape index (κ3) is 5.81.